The van der Waals surface area contributed by atoms with Gasteiger partial charge in [-0.05, 0) is 41.5 Å². The molecule has 0 spiro atoms. The first-order valence-electron chi connectivity index (χ1n) is 9.07. The molecule has 0 saturated heterocycles. The van der Waals surface area contributed by atoms with Gasteiger partial charge in [-0.15, -0.1) is 11.3 Å². The van der Waals surface area contributed by atoms with Crippen molar-refractivity contribution < 1.29 is 16.8 Å². The highest BCUT2D eigenvalue weighted by Crippen LogP contribution is 2.30. The Morgan fingerprint density at radius 1 is 0.966 bits per heavy atom. The van der Waals surface area contributed by atoms with Crippen LogP contribution in [0.3, 0.4) is 0 Å². The van der Waals surface area contributed by atoms with Gasteiger partial charge in [-0.1, -0.05) is 42.5 Å². The lowest BCUT2D eigenvalue weighted by atomic mass is 10.1. The fraction of sp³-hybridized carbons (Fsp3) is 0.250. The van der Waals surface area contributed by atoms with Crippen LogP contribution in [-0.4, -0.2) is 34.1 Å². The summed E-state index contributed by atoms with van der Waals surface area (Å²) < 4.78 is 53.7. The SMILES string of the molecule is O=S(=O)(CCCc1ccccc1)NCC(c1cccnc1)S(=O)(=O)c1cccs1. The predicted molar refractivity (Wildman–Crippen MR) is 115 cm³/mol. The summed E-state index contributed by atoms with van der Waals surface area (Å²) in [6, 6.07) is 16.1. The number of nitrogens with one attached hydrogen (secondary N) is 1. The zero-order chi connectivity index (χ0) is 20.7. The number of pyridine rings is 1. The third kappa shape index (κ3) is 5.96. The number of thiophene rings is 1. The first-order valence-corrected chi connectivity index (χ1v) is 13.1. The number of hydrogen-bond acceptors (Lipinski definition) is 6. The van der Waals surface area contributed by atoms with Crippen LogP contribution in [0.15, 0.2) is 76.6 Å². The summed E-state index contributed by atoms with van der Waals surface area (Å²) in [4.78, 5) is 3.99. The Morgan fingerprint density at radius 3 is 2.41 bits per heavy atom. The molecule has 0 saturated carbocycles. The van der Waals surface area contributed by atoms with Gasteiger partial charge >= 0.3 is 0 Å². The van der Waals surface area contributed by atoms with Crippen molar-refractivity contribution in [3.63, 3.8) is 0 Å². The number of benzene rings is 1. The van der Waals surface area contributed by atoms with E-state index in [0.717, 1.165) is 16.9 Å². The number of rotatable bonds is 10. The molecule has 0 aliphatic heterocycles. The molecule has 6 nitrogen and oxygen atoms in total. The zero-order valence-electron chi connectivity index (χ0n) is 15.6. The summed E-state index contributed by atoms with van der Waals surface area (Å²) in [5, 5.41) is 0.639. The van der Waals surface area contributed by atoms with Crippen molar-refractivity contribution in [3.8, 4) is 0 Å². The molecular formula is C20H22N2O4S3. The first kappa shape index (κ1) is 21.6. The lowest BCUT2D eigenvalue weighted by Crippen LogP contribution is -2.33. The second-order valence-corrected chi connectivity index (χ2v) is 11.7. The molecule has 0 bridgehead atoms. The average Bonchev–Trinajstić information content (AvgIpc) is 3.25. The molecule has 0 radical (unpaired) electrons. The van der Waals surface area contributed by atoms with E-state index in [4.69, 9.17) is 0 Å². The minimum Gasteiger partial charge on any atom is -0.264 e. The van der Waals surface area contributed by atoms with E-state index in [9.17, 15) is 16.8 Å². The van der Waals surface area contributed by atoms with Crippen molar-refractivity contribution in [2.24, 2.45) is 0 Å². The van der Waals surface area contributed by atoms with E-state index in [0.29, 0.717) is 18.4 Å². The third-order valence-corrected chi connectivity index (χ3v) is 9.38. The van der Waals surface area contributed by atoms with E-state index < -0.39 is 25.1 Å². The van der Waals surface area contributed by atoms with Crippen molar-refractivity contribution in [1.29, 1.82) is 0 Å². The van der Waals surface area contributed by atoms with Crippen LogP contribution in [0, 0.1) is 0 Å². The number of nitrogens with zero attached hydrogens (tertiary/aromatic N) is 1. The fourth-order valence-corrected chi connectivity index (χ4v) is 6.97. The zero-order valence-corrected chi connectivity index (χ0v) is 18.1. The van der Waals surface area contributed by atoms with E-state index >= 15 is 0 Å². The van der Waals surface area contributed by atoms with Crippen LogP contribution >= 0.6 is 11.3 Å². The minimum absolute atomic E-state index is 0.0687. The van der Waals surface area contributed by atoms with Gasteiger partial charge in [0.15, 0.2) is 9.84 Å². The molecular weight excluding hydrogens is 428 g/mol. The number of hydrogen-bond donors (Lipinski definition) is 1. The Bertz CT molecular complexity index is 1100. The molecule has 29 heavy (non-hydrogen) atoms. The Morgan fingerprint density at radius 2 is 1.76 bits per heavy atom. The maximum absolute atomic E-state index is 13.1. The van der Waals surface area contributed by atoms with Gasteiger partial charge in [-0.3, -0.25) is 4.98 Å². The topological polar surface area (TPSA) is 93.2 Å². The second kappa shape index (κ2) is 9.62. The molecule has 0 amide bonds. The number of sulfonamides is 1. The molecule has 1 aromatic carbocycles. The summed E-state index contributed by atoms with van der Waals surface area (Å²) in [6.07, 6.45) is 4.10. The highest BCUT2D eigenvalue weighted by atomic mass is 32.2. The quantitative estimate of drug-likeness (QED) is 0.512. The Kier molecular flexibility index (Phi) is 7.18. The Hall–Kier alpha value is -2.07. The molecule has 1 atom stereocenters. The standard InChI is InChI=1S/C20H22N2O4S3/c23-28(24,14-6-9-17-7-2-1-3-8-17)22-16-19(18-10-4-12-21-15-18)29(25,26)20-11-5-13-27-20/h1-5,7-8,10-13,15,19,22H,6,9,14,16H2. The van der Waals surface area contributed by atoms with E-state index in [1.807, 2.05) is 30.3 Å². The van der Waals surface area contributed by atoms with Crippen LogP contribution in [0.5, 0.6) is 0 Å². The number of aryl methyl sites for hydroxylation is 1. The minimum atomic E-state index is -3.75. The van der Waals surface area contributed by atoms with Crippen molar-refractivity contribution in [3.05, 3.63) is 83.5 Å². The smallest absolute Gasteiger partial charge is 0.211 e. The monoisotopic (exact) mass is 450 g/mol. The molecule has 1 unspecified atom stereocenters. The summed E-state index contributed by atoms with van der Waals surface area (Å²) in [5.74, 6) is -0.0687. The third-order valence-electron chi connectivity index (χ3n) is 4.42. The predicted octanol–water partition coefficient (Wildman–Crippen LogP) is 3.21. The van der Waals surface area contributed by atoms with Crippen LogP contribution in [-0.2, 0) is 26.3 Å². The van der Waals surface area contributed by atoms with Crippen LogP contribution < -0.4 is 4.72 Å². The average molecular weight is 451 g/mol. The van der Waals surface area contributed by atoms with E-state index in [-0.39, 0.29) is 16.5 Å². The largest absolute Gasteiger partial charge is 0.264 e. The highest BCUT2D eigenvalue weighted by Gasteiger charge is 2.31. The summed E-state index contributed by atoms with van der Waals surface area (Å²) >= 11 is 1.11. The fourth-order valence-electron chi connectivity index (χ4n) is 2.92. The molecule has 2 aromatic heterocycles. The van der Waals surface area contributed by atoms with Crippen LogP contribution in [0.2, 0.25) is 0 Å². The second-order valence-electron chi connectivity index (χ2n) is 6.51. The number of sulfone groups is 1. The van der Waals surface area contributed by atoms with Gasteiger partial charge in [-0.25, -0.2) is 21.6 Å². The summed E-state index contributed by atoms with van der Waals surface area (Å²) in [6.45, 7) is -0.237. The molecule has 0 aliphatic rings. The van der Waals surface area contributed by atoms with Gasteiger partial charge in [0.05, 0.1) is 5.75 Å². The van der Waals surface area contributed by atoms with Gasteiger partial charge in [0.1, 0.15) is 9.46 Å². The van der Waals surface area contributed by atoms with Crippen LogP contribution in [0.1, 0.15) is 22.8 Å². The van der Waals surface area contributed by atoms with Gasteiger partial charge in [0, 0.05) is 18.9 Å². The molecule has 0 aliphatic carbocycles. The van der Waals surface area contributed by atoms with Gasteiger partial charge < -0.3 is 0 Å². The van der Waals surface area contributed by atoms with E-state index in [1.165, 1.54) is 12.3 Å². The lowest BCUT2D eigenvalue weighted by Gasteiger charge is -2.18. The van der Waals surface area contributed by atoms with E-state index in [1.54, 1.807) is 29.8 Å². The van der Waals surface area contributed by atoms with Gasteiger partial charge in [0.2, 0.25) is 10.0 Å². The molecule has 3 aromatic rings. The van der Waals surface area contributed by atoms with Crippen molar-refractivity contribution in [2.45, 2.75) is 22.3 Å². The molecule has 0 fully saturated rings. The number of aromatic nitrogens is 1. The van der Waals surface area contributed by atoms with Gasteiger partial charge in [-0.2, -0.15) is 0 Å². The summed E-state index contributed by atoms with van der Waals surface area (Å²) in [5.41, 5.74) is 1.52. The first-order chi connectivity index (χ1) is 13.9. The molecule has 9 heteroatoms. The maximum Gasteiger partial charge on any atom is 0.211 e. The highest BCUT2D eigenvalue weighted by molar-refractivity contribution is 7.93. The maximum atomic E-state index is 13.1. The lowest BCUT2D eigenvalue weighted by molar-refractivity contribution is 0.568. The molecule has 1 N–H and O–H groups in total. The van der Waals surface area contributed by atoms with E-state index in [2.05, 4.69) is 9.71 Å². The van der Waals surface area contributed by atoms with Crippen LogP contribution in [0.25, 0.3) is 0 Å². The van der Waals surface area contributed by atoms with Crippen molar-refractivity contribution in [1.82, 2.24) is 9.71 Å². The molecule has 2 heterocycles. The molecule has 3 rings (SSSR count). The Labute approximate surface area is 175 Å². The normalized spacial score (nSPS) is 13.2. The Balaban J connectivity index is 1.69. The van der Waals surface area contributed by atoms with Crippen molar-refractivity contribution in [2.75, 3.05) is 12.3 Å². The summed E-state index contributed by atoms with van der Waals surface area (Å²) in [7, 11) is -7.36. The molecule has 154 valence electrons. The van der Waals surface area contributed by atoms with Gasteiger partial charge in [0.25, 0.3) is 0 Å². The van der Waals surface area contributed by atoms with Crippen LogP contribution in [0.4, 0.5) is 0 Å². The van der Waals surface area contributed by atoms with Crippen molar-refractivity contribution >= 4 is 31.2 Å².